The normalized spacial score (nSPS) is 17.8. The molecule has 0 unspecified atom stereocenters. The van der Waals surface area contributed by atoms with E-state index in [9.17, 15) is 26.4 Å². The van der Waals surface area contributed by atoms with Crippen LogP contribution < -0.4 is 14.7 Å². The van der Waals surface area contributed by atoms with E-state index in [1.54, 1.807) is 6.07 Å². The molecule has 1 aliphatic heterocycles. The molecule has 1 N–H and O–H groups in total. The molecule has 41 heavy (non-hydrogen) atoms. The molecule has 2 atom stereocenters. The maximum atomic E-state index is 15.3. The minimum Gasteiger partial charge on any atom is -0.379 e. The third-order valence-corrected chi connectivity index (χ3v) is 8.43. The van der Waals surface area contributed by atoms with Crippen LogP contribution in [0.1, 0.15) is 12.0 Å². The molecular formula is C25H25ClF4N6O4S. The fourth-order valence-corrected chi connectivity index (χ4v) is 6.06. The third kappa shape index (κ3) is 6.63. The summed E-state index contributed by atoms with van der Waals surface area (Å²) in [6, 6.07) is 7.47. The van der Waals surface area contributed by atoms with Gasteiger partial charge in [-0.1, -0.05) is 22.1 Å². The molecule has 220 valence electrons. The number of piperidine rings is 1. The molecule has 1 fully saturated rings. The first-order valence-corrected chi connectivity index (χ1v) is 13.9. The first-order valence-electron chi connectivity index (χ1n) is 12.1. The number of anilines is 3. The van der Waals surface area contributed by atoms with Crippen LogP contribution in [-0.2, 0) is 25.8 Å². The Kier molecular flexibility index (Phi) is 8.89. The zero-order valence-electron chi connectivity index (χ0n) is 21.7. The lowest BCUT2D eigenvalue weighted by Crippen LogP contribution is -2.56. The van der Waals surface area contributed by atoms with Gasteiger partial charge in [0.25, 0.3) is 10.0 Å². The highest BCUT2D eigenvalue weighted by Crippen LogP contribution is 2.35. The molecule has 3 aromatic rings. The average molecular weight is 617 g/mol. The number of carbonyl (C=O) groups is 1. The number of benzene rings is 2. The SMILES string of the molecule is CN(C)[C@@H]1CN(c2cccc(C(F)(F)F)c2)CC[C@H]1Nc1cc(F)c(S(=O)(=O)N(OC=O)c2ccncn2)cc1Cl. The molecule has 16 heteroatoms. The molecule has 0 bridgehead atoms. The second-order valence-electron chi connectivity index (χ2n) is 9.33. The Hall–Kier alpha value is -3.69. The summed E-state index contributed by atoms with van der Waals surface area (Å²) in [5.41, 5.74) is -0.210. The predicted octanol–water partition coefficient (Wildman–Crippen LogP) is 4.19. The number of likely N-dealkylation sites (N-methyl/N-ethyl adjacent to an activating group) is 1. The van der Waals surface area contributed by atoms with Crippen molar-refractivity contribution in [3.63, 3.8) is 0 Å². The van der Waals surface area contributed by atoms with Gasteiger partial charge >= 0.3 is 12.6 Å². The number of carbonyl (C=O) groups excluding carboxylic acids is 1. The van der Waals surface area contributed by atoms with Crippen molar-refractivity contribution in [2.45, 2.75) is 29.6 Å². The van der Waals surface area contributed by atoms with E-state index in [-0.39, 0.29) is 39.6 Å². The van der Waals surface area contributed by atoms with Crippen LogP contribution in [0.25, 0.3) is 0 Å². The second kappa shape index (κ2) is 12.0. The largest absolute Gasteiger partial charge is 0.416 e. The second-order valence-corrected chi connectivity index (χ2v) is 11.5. The standard InChI is InChI=1S/C25H25ClF4N6O4S/c1-34(2)22-13-35(17-5-3-4-16(10-17)25(28,29)30)9-7-20(22)33-21-12-19(27)23(11-18(21)26)41(38,39)36(40-15-37)24-6-8-31-14-32-24/h3-6,8,10-12,14-15,20,22,33H,7,9,13H2,1-2H3/t20-,22-/m1/s1. The number of sulfonamides is 1. The Labute approximate surface area is 238 Å². The zero-order valence-corrected chi connectivity index (χ0v) is 23.3. The zero-order chi connectivity index (χ0) is 29.9. The molecule has 0 aliphatic carbocycles. The Morgan fingerprint density at radius 3 is 2.59 bits per heavy atom. The number of nitrogens with zero attached hydrogens (tertiary/aromatic N) is 5. The van der Waals surface area contributed by atoms with Crippen molar-refractivity contribution < 1.29 is 35.6 Å². The Morgan fingerprint density at radius 1 is 1.20 bits per heavy atom. The van der Waals surface area contributed by atoms with Crippen LogP contribution in [0.5, 0.6) is 0 Å². The molecule has 1 saturated heterocycles. The van der Waals surface area contributed by atoms with E-state index in [1.165, 1.54) is 12.3 Å². The van der Waals surface area contributed by atoms with Gasteiger partial charge in [0.05, 0.1) is 16.3 Å². The minimum atomic E-state index is -4.79. The lowest BCUT2D eigenvalue weighted by molar-refractivity contribution is -0.137. The quantitative estimate of drug-likeness (QED) is 0.215. The van der Waals surface area contributed by atoms with Gasteiger partial charge in [-0.25, -0.2) is 14.4 Å². The van der Waals surface area contributed by atoms with Gasteiger partial charge in [0, 0.05) is 43.1 Å². The van der Waals surface area contributed by atoms with Gasteiger partial charge < -0.3 is 20.0 Å². The highest BCUT2D eigenvalue weighted by Gasteiger charge is 2.35. The molecule has 1 aliphatic rings. The van der Waals surface area contributed by atoms with E-state index < -0.39 is 32.5 Å². The van der Waals surface area contributed by atoms with Gasteiger partial charge in [-0.3, -0.25) is 4.79 Å². The summed E-state index contributed by atoms with van der Waals surface area (Å²) in [5.74, 6) is -1.51. The number of alkyl halides is 3. The highest BCUT2D eigenvalue weighted by atomic mass is 35.5. The van der Waals surface area contributed by atoms with Crippen molar-refractivity contribution in [3.05, 3.63) is 71.4 Å². The van der Waals surface area contributed by atoms with E-state index in [2.05, 4.69) is 20.1 Å². The smallest absolute Gasteiger partial charge is 0.379 e. The van der Waals surface area contributed by atoms with Crippen LogP contribution in [0.2, 0.25) is 5.02 Å². The van der Waals surface area contributed by atoms with Crippen molar-refractivity contribution in [2.75, 3.05) is 41.9 Å². The van der Waals surface area contributed by atoms with E-state index in [0.717, 1.165) is 36.7 Å². The highest BCUT2D eigenvalue weighted by molar-refractivity contribution is 7.92. The van der Waals surface area contributed by atoms with Crippen LogP contribution in [0.15, 0.2) is 59.9 Å². The third-order valence-electron chi connectivity index (χ3n) is 6.53. The van der Waals surface area contributed by atoms with Crippen molar-refractivity contribution in [1.29, 1.82) is 0 Å². The van der Waals surface area contributed by atoms with Crippen molar-refractivity contribution >= 4 is 45.3 Å². The van der Waals surface area contributed by atoms with E-state index in [4.69, 9.17) is 11.6 Å². The molecule has 0 spiro atoms. The summed E-state index contributed by atoms with van der Waals surface area (Å²) >= 11 is 6.39. The van der Waals surface area contributed by atoms with Gasteiger partial charge in [-0.2, -0.15) is 21.6 Å². The van der Waals surface area contributed by atoms with Crippen LogP contribution in [0, 0.1) is 5.82 Å². The average Bonchev–Trinajstić information content (AvgIpc) is 2.93. The van der Waals surface area contributed by atoms with Crippen LogP contribution >= 0.6 is 11.6 Å². The molecule has 2 aromatic carbocycles. The van der Waals surface area contributed by atoms with Crippen molar-refractivity contribution in [2.24, 2.45) is 0 Å². The number of hydrogen-bond acceptors (Lipinski definition) is 9. The van der Waals surface area contributed by atoms with E-state index >= 15 is 4.39 Å². The van der Waals surface area contributed by atoms with Gasteiger partial charge in [0.2, 0.25) is 0 Å². The maximum Gasteiger partial charge on any atom is 0.416 e. The Morgan fingerprint density at radius 2 is 1.95 bits per heavy atom. The predicted molar refractivity (Wildman–Crippen MR) is 143 cm³/mol. The molecule has 4 rings (SSSR count). The topological polar surface area (TPSA) is 108 Å². The van der Waals surface area contributed by atoms with Gasteiger partial charge in [-0.15, -0.1) is 0 Å². The molecular weight excluding hydrogens is 592 g/mol. The molecule has 2 heterocycles. The van der Waals surface area contributed by atoms with Gasteiger partial charge in [-0.05, 0) is 50.8 Å². The van der Waals surface area contributed by atoms with Crippen LogP contribution in [-0.4, -0.2) is 69.0 Å². The lowest BCUT2D eigenvalue weighted by Gasteiger charge is -2.43. The fourth-order valence-electron chi connectivity index (χ4n) is 4.53. The monoisotopic (exact) mass is 616 g/mol. The minimum absolute atomic E-state index is 0.109. The van der Waals surface area contributed by atoms with Gasteiger partial charge in [0.1, 0.15) is 17.0 Å². The van der Waals surface area contributed by atoms with E-state index in [0.29, 0.717) is 25.2 Å². The Balaban J connectivity index is 1.57. The first kappa shape index (κ1) is 30.3. The summed E-state index contributed by atoms with van der Waals surface area (Å²) in [7, 11) is -1.17. The molecule has 10 nitrogen and oxygen atoms in total. The first-order chi connectivity index (χ1) is 19.3. The van der Waals surface area contributed by atoms with Gasteiger partial charge in [0.15, 0.2) is 5.82 Å². The number of nitrogens with one attached hydrogen (secondary N) is 1. The fraction of sp³-hybridized carbons (Fsp3) is 0.320. The van der Waals surface area contributed by atoms with E-state index in [1.807, 2.05) is 23.9 Å². The summed E-state index contributed by atoms with van der Waals surface area (Å²) < 4.78 is 81.5. The molecule has 0 radical (unpaired) electrons. The number of hydrogen-bond donors (Lipinski definition) is 1. The van der Waals surface area contributed by atoms with Crippen LogP contribution in [0.4, 0.5) is 34.8 Å². The molecule has 1 aromatic heterocycles. The van der Waals surface area contributed by atoms with Crippen molar-refractivity contribution in [3.8, 4) is 0 Å². The number of aromatic nitrogens is 2. The maximum absolute atomic E-state index is 15.3. The summed E-state index contributed by atoms with van der Waals surface area (Å²) in [6.07, 6.45) is -1.80. The van der Waals surface area contributed by atoms with Crippen molar-refractivity contribution in [1.82, 2.24) is 14.9 Å². The van der Waals surface area contributed by atoms with Crippen LogP contribution in [0.3, 0.4) is 0 Å². The summed E-state index contributed by atoms with van der Waals surface area (Å²) in [5, 5.41) is 3.03. The summed E-state index contributed by atoms with van der Waals surface area (Å²) in [4.78, 5) is 25.8. The summed E-state index contributed by atoms with van der Waals surface area (Å²) in [6.45, 7) is 0.602. The number of halogens is 5. The molecule has 0 saturated carbocycles. The molecule has 0 amide bonds. The lowest BCUT2D eigenvalue weighted by atomic mass is 9.97. The Bertz CT molecular complexity index is 1500. The number of rotatable bonds is 9.